The van der Waals surface area contributed by atoms with Gasteiger partial charge >= 0.3 is 0 Å². The topological polar surface area (TPSA) is 54.0 Å². The maximum absolute atomic E-state index is 13.0. The van der Waals surface area contributed by atoms with Gasteiger partial charge in [0.05, 0.1) is 17.9 Å². The summed E-state index contributed by atoms with van der Waals surface area (Å²) >= 11 is 0. The van der Waals surface area contributed by atoms with Gasteiger partial charge in [-0.15, -0.1) is 0 Å². The van der Waals surface area contributed by atoms with E-state index in [9.17, 15) is 9.18 Å². The summed E-state index contributed by atoms with van der Waals surface area (Å²) in [6.45, 7) is 10.3. The maximum atomic E-state index is 13.0. The molecular formula is C22H28FN3O. The van der Waals surface area contributed by atoms with Gasteiger partial charge in [-0.05, 0) is 66.5 Å². The lowest BCUT2D eigenvalue weighted by molar-refractivity contribution is -0.117. The van der Waals surface area contributed by atoms with Gasteiger partial charge in [0.25, 0.3) is 0 Å². The smallest absolute Gasteiger partial charge is 0.224 e. The number of rotatable bonds is 4. The second-order valence-electron chi connectivity index (χ2n) is 8.65. The van der Waals surface area contributed by atoms with Crippen molar-refractivity contribution in [2.75, 3.05) is 10.6 Å². The van der Waals surface area contributed by atoms with E-state index in [4.69, 9.17) is 0 Å². The molecule has 0 bridgehead atoms. The van der Waals surface area contributed by atoms with Crippen LogP contribution in [0, 0.1) is 25.2 Å². The predicted octanol–water partition coefficient (Wildman–Crippen LogP) is 5.31. The molecular weight excluding hydrogens is 341 g/mol. The Labute approximate surface area is 160 Å². The average molecular weight is 369 g/mol. The van der Waals surface area contributed by atoms with Gasteiger partial charge in [0.15, 0.2) is 0 Å². The van der Waals surface area contributed by atoms with Crippen molar-refractivity contribution in [1.29, 1.82) is 0 Å². The summed E-state index contributed by atoms with van der Waals surface area (Å²) in [5, 5.41) is 6.58. The first-order valence-electron chi connectivity index (χ1n) is 9.45. The number of amides is 1. The first-order valence-corrected chi connectivity index (χ1v) is 9.45. The first-order chi connectivity index (χ1) is 12.6. The van der Waals surface area contributed by atoms with E-state index in [1.807, 2.05) is 6.92 Å². The number of aryl methyl sites for hydroxylation is 1. The number of nitrogens with one attached hydrogen (secondary N) is 2. The normalized spacial score (nSPS) is 16.1. The molecule has 4 nitrogen and oxygen atoms in total. The molecule has 0 unspecified atom stereocenters. The van der Waals surface area contributed by atoms with E-state index in [1.165, 1.54) is 23.4 Å². The Kier molecular flexibility index (Phi) is 5.22. The predicted molar refractivity (Wildman–Crippen MR) is 107 cm³/mol. The van der Waals surface area contributed by atoms with E-state index >= 15 is 0 Å². The molecule has 0 radical (unpaired) electrons. The lowest BCUT2D eigenvalue weighted by Gasteiger charge is -2.21. The highest BCUT2D eigenvalue weighted by Crippen LogP contribution is 2.40. The van der Waals surface area contributed by atoms with Crippen LogP contribution in [0.4, 0.5) is 15.8 Å². The summed E-state index contributed by atoms with van der Waals surface area (Å²) in [6, 6.07) is 5.41. The van der Waals surface area contributed by atoms with Gasteiger partial charge < -0.3 is 10.6 Å². The molecule has 1 atom stereocenters. The van der Waals surface area contributed by atoms with Crippen molar-refractivity contribution >= 4 is 17.3 Å². The molecule has 1 aromatic carbocycles. The lowest BCUT2D eigenvalue weighted by Crippen LogP contribution is -2.21. The van der Waals surface area contributed by atoms with Crippen molar-refractivity contribution in [2.45, 2.75) is 59.9 Å². The van der Waals surface area contributed by atoms with Crippen LogP contribution in [0.3, 0.4) is 0 Å². The molecule has 0 saturated carbocycles. The zero-order valence-electron chi connectivity index (χ0n) is 16.7. The molecule has 0 aliphatic heterocycles. The summed E-state index contributed by atoms with van der Waals surface area (Å²) in [4.78, 5) is 16.1. The molecule has 5 heteroatoms. The summed E-state index contributed by atoms with van der Waals surface area (Å²) in [7, 11) is 0. The Bertz CT molecular complexity index is 853. The van der Waals surface area contributed by atoms with Gasteiger partial charge in [0.1, 0.15) is 0 Å². The molecule has 144 valence electrons. The van der Waals surface area contributed by atoms with Gasteiger partial charge in [-0.3, -0.25) is 4.79 Å². The molecule has 1 heterocycles. The van der Waals surface area contributed by atoms with Gasteiger partial charge in [0, 0.05) is 12.1 Å². The fourth-order valence-electron chi connectivity index (χ4n) is 3.81. The van der Waals surface area contributed by atoms with E-state index in [0.717, 1.165) is 35.3 Å². The number of pyridine rings is 1. The highest BCUT2D eigenvalue weighted by molar-refractivity contribution is 5.93. The standard InChI is InChI=1S/C22H28FN3O/c1-13-10-17-16(14(2)21(13)26-20(27)11-22(3,4)5)7-8-18(17)25-15-6-9-19(23)24-12-15/h6,9-10,12,18,25H,7-8,11H2,1-5H3,(H,26,27)/t18-/m1/s1. The molecule has 1 amide bonds. The van der Waals surface area contributed by atoms with Crippen molar-refractivity contribution in [3.05, 3.63) is 52.6 Å². The number of halogens is 1. The van der Waals surface area contributed by atoms with Gasteiger partial charge in [-0.2, -0.15) is 4.39 Å². The molecule has 1 aromatic heterocycles. The van der Waals surface area contributed by atoms with Crippen LogP contribution in [0.2, 0.25) is 0 Å². The second kappa shape index (κ2) is 7.29. The van der Waals surface area contributed by atoms with E-state index in [-0.39, 0.29) is 17.4 Å². The van der Waals surface area contributed by atoms with Crippen LogP contribution in [0.25, 0.3) is 0 Å². The number of fused-ring (bicyclic) bond motifs is 1. The minimum atomic E-state index is -0.477. The molecule has 2 aromatic rings. The van der Waals surface area contributed by atoms with Crippen LogP contribution in [0.5, 0.6) is 0 Å². The third-order valence-corrected chi connectivity index (χ3v) is 5.02. The number of benzene rings is 1. The summed E-state index contributed by atoms with van der Waals surface area (Å²) in [6.07, 6.45) is 3.93. The van der Waals surface area contributed by atoms with Crippen molar-refractivity contribution in [1.82, 2.24) is 4.98 Å². The Morgan fingerprint density at radius 3 is 2.67 bits per heavy atom. The van der Waals surface area contributed by atoms with Crippen LogP contribution in [-0.4, -0.2) is 10.9 Å². The van der Waals surface area contributed by atoms with Crippen LogP contribution in [0.15, 0.2) is 24.4 Å². The van der Waals surface area contributed by atoms with Crippen molar-refractivity contribution in [3.8, 4) is 0 Å². The summed E-state index contributed by atoms with van der Waals surface area (Å²) < 4.78 is 13.0. The van der Waals surface area contributed by atoms with E-state index in [0.29, 0.717) is 6.42 Å². The Balaban J connectivity index is 1.82. The van der Waals surface area contributed by atoms with Crippen molar-refractivity contribution in [3.63, 3.8) is 0 Å². The van der Waals surface area contributed by atoms with E-state index in [1.54, 1.807) is 6.07 Å². The number of hydrogen-bond acceptors (Lipinski definition) is 3. The maximum Gasteiger partial charge on any atom is 0.224 e. The number of hydrogen-bond donors (Lipinski definition) is 2. The molecule has 27 heavy (non-hydrogen) atoms. The Morgan fingerprint density at radius 1 is 1.30 bits per heavy atom. The zero-order valence-corrected chi connectivity index (χ0v) is 16.7. The Hall–Kier alpha value is -2.43. The third-order valence-electron chi connectivity index (χ3n) is 5.02. The zero-order chi connectivity index (χ0) is 19.8. The van der Waals surface area contributed by atoms with Gasteiger partial charge in [-0.25, -0.2) is 4.98 Å². The number of nitrogens with zero attached hydrogens (tertiary/aromatic N) is 1. The monoisotopic (exact) mass is 369 g/mol. The summed E-state index contributed by atoms with van der Waals surface area (Å²) in [5.74, 6) is -0.423. The van der Waals surface area contributed by atoms with E-state index < -0.39 is 5.95 Å². The highest BCUT2D eigenvalue weighted by atomic mass is 19.1. The van der Waals surface area contributed by atoms with Crippen molar-refractivity contribution in [2.24, 2.45) is 5.41 Å². The largest absolute Gasteiger partial charge is 0.377 e. The quantitative estimate of drug-likeness (QED) is 0.718. The number of anilines is 2. The highest BCUT2D eigenvalue weighted by Gasteiger charge is 2.27. The molecule has 1 aliphatic carbocycles. The van der Waals surface area contributed by atoms with Crippen LogP contribution < -0.4 is 10.6 Å². The fraction of sp³-hybridized carbons (Fsp3) is 0.455. The molecule has 0 saturated heterocycles. The first kappa shape index (κ1) is 19.3. The minimum Gasteiger partial charge on any atom is -0.377 e. The number of aromatic nitrogens is 1. The van der Waals surface area contributed by atoms with Gasteiger partial charge in [0.2, 0.25) is 11.9 Å². The molecule has 2 N–H and O–H groups in total. The van der Waals surface area contributed by atoms with Crippen LogP contribution in [-0.2, 0) is 11.2 Å². The minimum absolute atomic E-state index is 0.0408. The SMILES string of the molecule is Cc1cc2c(c(C)c1NC(=O)CC(C)(C)C)CC[C@H]2Nc1ccc(F)nc1. The number of carbonyl (C=O) groups excluding carboxylic acids is 1. The van der Waals surface area contributed by atoms with Crippen LogP contribution >= 0.6 is 0 Å². The molecule has 3 rings (SSSR count). The summed E-state index contributed by atoms with van der Waals surface area (Å²) in [5.41, 5.74) is 6.47. The molecule has 0 fully saturated rings. The number of carbonyl (C=O) groups is 1. The third kappa shape index (κ3) is 4.46. The van der Waals surface area contributed by atoms with E-state index in [2.05, 4.69) is 49.4 Å². The van der Waals surface area contributed by atoms with Crippen molar-refractivity contribution < 1.29 is 9.18 Å². The van der Waals surface area contributed by atoms with Gasteiger partial charge in [-0.1, -0.05) is 26.8 Å². The average Bonchev–Trinajstić information content (AvgIpc) is 2.95. The lowest BCUT2D eigenvalue weighted by atomic mass is 9.91. The fourth-order valence-corrected chi connectivity index (χ4v) is 3.81. The Morgan fingerprint density at radius 2 is 2.04 bits per heavy atom. The van der Waals surface area contributed by atoms with Crippen LogP contribution in [0.1, 0.15) is 61.9 Å². The second-order valence-corrected chi connectivity index (χ2v) is 8.65. The molecule has 0 spiro atoms. The molecule has 1 aliphatic rings.